The van der Waals surface area contributed by atoms with Gasteiger partial charge in [0.15, 0.2) is 0 Å². The largest absolute Gasteiger partial charge is 0.320 e. The fourth-order valence-electron chi connectivity index (χ4n) is 2.11. The highest BCUT2D eigenvalue weighted by Gasteiger charge is 2.09. The summed E-state index contributed by atoms with van der Waals surface area (Å²) in [4.78, 5) is 2.15. The van der Waals surface area contributed by atoms with Crippen LogP contribution < -0.4 is 5.73 Å². The first kappa shape index (κ1) is 14.1. The van der Waals surface area contributed by atoms with Crippen LogP contribution in [-0.2, 0) is 6.54 Å². The molecular formula is C16H19ClN2. The Kier molecular flexibility index (Phi) is 4.59. The van der Waals surface area contributed by atoms with Gasteiger partial charge in [0.05, 0.1) is 6.04 Å². The Morgan fingerprint density at radius 3 is 2.37 bits per heavy atom. The van der Waals surface area contributed by atoms with Gasteiger partial charge in [-0.3, -0.25) is 0 Å². The fraction of sp³-hybridized carbons (Fsp3) is 0.250. The number of rotatable bonds is 4. The second-order valence-corrected chi connectivity index (χ2v) is 5.45. The molecule has 0 amide bonds. The Hall–Kier alpha value is -1.35. The average molecular weight is 275 g/mol. The van der Waals surface area contributed by atoms with Crippen LogP contribution in [0.4, 0.5) is 0 Å². The van der Waals surface area contributed by atoms with Crippen LogP contribution in [0.3, 0.4) is 0 Å². The molecular weight excluding hydrogens is 256 g/mol. The summed E-state index contributed by atoms with van der Waals surface area (Å²) in [7, 11) is 4.12. The zero-order valence-electron chi connectivity index (χ0n) is 11.3. The summed E-state index contributed by atoms with van der Waals surface area (Å²) < 4.78 is 0. The highest BCUT2D eigenvalue weighted by Crippen LogP contribution is 2.22. The third kappa shape index (κ3) is 3.80. The summed E-state index contributed by atoms with van der Waals surface area (Å²) in [5.74, 6) is 0. The quantitative estimate of drug-likeness (QED) is 0.925. The van der Waals surface area contributed by atoms with E-state index in [-0.39, 0.29) is 6.04 Å². The van der Waals surface area contributed by atoms with E-state index in [0.717, 1.165) is 22.7 Å². The Bertz CT molecular complexity index is 535. The summed E-state index contributed by atoms with van der Waals surface area (Å²) >= 11 is 5.90. The lowest BCUT2D eigenvalue weighted by molar-refractivity contribution is 0.402. The van der Waals surface area contributed by atoms with Gasteiger partial charge in [-0.2, -0.15) is 0 Å². The van der Waals surface area contributed by atoms with E-state index in [9.17, 15) is 0 Å². The number of nitrogens with two attached hydrogens (primary N) is 1. The van der Waals surface area contributed by atoms with E-state index in [4.69, 9.17) is 17.3 Å². The van der Waals surface area contributed by atoms with Crippen molar-refractivity contribution in [2.24, 2.45) is 5.73 Å². The molecule has 0 aliphatic rings. The van der Waals surface area contributed by atoms with Crippen molar-refractivity contribution in [3.05, 3.63) is 70.2 Å². The lowest BCUT2D eigenvalue weighted by Gasteiger charge is -2.15. The van der Waals surface area contributed by atoms with Crippen LogP contribution in [0.25, 0.3) is 0 Å². The van der Waals surface area contributed by atoms with Crippen LogP contribution in [0.1, 0.15) is 22.7 Å². The molecule has 1 atom stereocenters. The maximum absolute atomic E-state index is 6.31. The Balaban J connectivity index is 2.23. The fourth-order valence-corrected chi connectivity index (χ4v) is 2.24. The molecule has 19 heavy (non-hydrogen) atoms. The zero-order valence-corrected chi connectivity index (χ0v) is 12.1. The van der Waals surface area contributed by atoms with E-state index < -0.39 is 0 Å². The number of benzene rings is 2. The minimum absolute atomic E-state index is 0.112. The summed E-state index contributed by atoms with van der Waals surface area (Å²) in [6.07, 6.45) is 0. The van der Waals surface area contributed by atoms with Crippen LogP contribution in [0.5, 0.6) is 0 Å². The van der Waals surface area contributed by atoms with Crippen molar-refractivity contribution in [1.29, 1.82) is 0 Å². The third-order valence-corrected chi connectivity index (χ3v) is 3.29. The van der Waals surface area contributed by atoms with E-state index in [0.29, 0.717) is 0 Å². The van der Waals surface area contributed by atoms with Gasteiger partial charge in [-0.05, 0) is 42.9 Å². The number of hydrogen-bond acceptors (Lipinski definition) is 2. The third-order valence-electron chi connectivity index (χ3n) is 3.04. The minimum Gasteiger partial charge on any atom is -0.320 e. The summed E-state index contributed by atoms with van der Waals surface area (Å²) in [6, 6.07) is 16.0. The van der Waals surface area contributed by atoms with Gasteiger partial charge in [0, 0.05) is 11.6 Å². The smallest absolute Gasteiger partial charge is 0.0551 e. The topological polar surface area (TPSA) is 29.3 Å². The van der Waals surface area contributed by atoms with Gasteiger partial charge >= 0.3 is 0 Å². The van der Waals surface area contributed by atoms with Crippen LogP contribution in [0.2, 0.25) is 5.02 Å². The van der Waals surface area contributed by atoms with Gasteiger partial charge in [-0.1, -0.05) is 48.0 Å². The Morgan fingerprint density at radius 1 is 1.05 bits per heavy atom. The predicted octanol–water partition coefficient (Wildman–Crippen LogP) is 3.45. The van der Waals surface area contributed by atoms with Gasteiger partial charge < -0.3 is 10.6 Å². The molecule has 3 heteroatoms. The molecule has 0 aromatic heterocycles. The number of hydrogen-bond donors (Lipinski definition) is 1. The second kappa shape index (κ2) is 6.20. The van der Waals surface area contributed by atoms with Gasteiger partial charge in [-0.25, -0.2) is 0 Å². The normalized spacial score (nSPS) is 12.7. The summed E-state index contributed by atoms with van der Waals surface area (Å²) in [6.45, 7) is 0.918. The van der Waals surface area contributed by atoms with Gasteiger partial charge in [0.25, 0.3) is 0 Å². The van der Waals surface area contributed by atoms with E-state index in [2.05, 4.69) is 43.3 Å². The van der Waals surface area contributed by atoms with Crippen molar-refractivity contribution in [2.75, 3.05) is 14.1 Å². The molecule has 100 valence electrons. The highest BCUT2D eigenvalue weighted by molar-refractivity contribution is 6.30. The molecule has 0 fully saturated rings. The standard InChI is InChI=1S/C16H19ClN2/c1-19(2)11-12-4-3-5-14(10-12)16(18)13-6-8-15(17)9-7-13/h3-10,16H,11,18H2,1-2H3. The molecule has 2 rings (SSSR count). The summed E-state index contributed by atoms with van der Waals surface area (Å²) in [5, 5.41) is 0.734. The molecule has 0 aliphatic carbocycles. The van der Waals surface area contributed by atoms with Crippen molar-refractivity contribution in [3.63, 3.8) is 0 Å². The molecule has 2 aromatic rings. The first-order valence-electron chi connectivity index (χ1n) is 6.31. The van der Waals surface area contributed by atoms with Crippen molar-refractivity contribution in [2.45, 2.75) is 12.6 Å². The maximum Gasteiger partial charge on any atom is 0.0551 e. The van der Waals surface area contributed by atoms with Crippen LogP contribution in [-0.4, -0.2) is 19.0 Å². The predicted molar refractivity (Wildman–Crippen MR) is 81.3 cm³/mol. The van der Waals surface area contributed by atoms with Crippen molar-refractivity contribution < 1.29 is 0 Å². The van der Waals surface area contributed by atoms with Crippen molar-refractivity contribution >= 4 is 11.6 Å². The molecule has 2 N–H and O–H groups in total. The number of halogens is 1. The summed E-state index contributed by atoms with van der Waals surface area (Å²) in [5.41, 5.74) is 9.78. The van der Waals surface area contributed by atoms with E-state index in [1.54, 1.807) is 0 Å². The van der Waals surface area contributed by atoms with Crippen molar-refractivity contribution in [1.82, 2.24) is 4.90 Å². The lowest BCUT2D eigenvalue weighted by Crippen LogP contribution is -2.14. The van der Waals surface area contributed by atoms with Gasteiger partial charge in [0.2, 0.25) is 0 Å². The Labute approximate surface area is 119 Å². The molecule has 0 saturated carbocycles. The average Bonchev–Trinajstić information content (AvgIpc) is 2.38. The minimum atomic E-state index is -0.112. The molecule has 0 saturated heterocycles. The number of nitrogens with zero attached hydrogens (tertiary/aromatic N) is 1. The van der Waals surface area contributed by atoms with Crippen molar-refractivity contribution in [3.8, 4) is 0 Å². The van der Waals surface area contributed by atoms with Crippen LogP contribution >= 0.6 is 11.6 Å². The first-order chi connectivity index (χ1) is 9.06. The monoisotopic (exact) mass is 274 g/mol. The lowest BCUT2D eigenvalue weighted by atomic mass is 9.98. The molecule has 2 aromatic carbocycles. The second-order valence-electron chi connectivity index (χ2n) is 5.01. The van der Waals surface area contributed by atoms with Gasteiger partial charge in [-0.15, -0.1) is 0 Å². The molecule has 2 nitrogen and oxygen atoms in total. The van der Waals surface area contributed by atoms with E-state index >= 15 is 0 Å². The van der Waals surface area contributed by atoms with Crippen LogP contribution in [0, 0.1) is 0 Å². The molecule has 0 radical (unpaired) electrons. The first-order valence-corrected chi connectivity index (χ1v) is 6.68. The van der Waals surface area contributed by atoms with E-state index in [1.807, 2.05) is 24.3 Å². The zero-order chi connectivity index (χ0) is 13.8. The molecule has 0 bridgehead atoms. The molecule has 0 spiro atoms. The van der Waals surface area contributed by atoms with Crippen LogP contribution in [0.15, 0.2) is 48.5 Å². The molecule has 1 unspecified atom stereocenters. The van der Waals surface area contributed by atoms with E-state index in [1.165, 1.54) is 5.56 Å². The SMILES string of the molecule is CN(C)Cc1cccc(C(N)c2ccc(Cl)cc2)c1. The molecule has 0 aliphatic heterocycles. The highest BCUT2D eigenvalue weighted by atomic mass is 35.5. The maximum atomic E-state index is 6.31. The Morgan fingerprint density at radius 2 is 1.74 bits per heavy atom. The molecule has 0 heterocycles. The van der Waals surface area contributed by atoms with Gasteiger partial charge in [0.1, 0.15) is 0 Å².